The van der Waals surface area contributed by atoms with Crippen LogP contribution in [0.2, 0.25) is 18.1 Å². The molecule has 0 amide bonds. The van der Waals surface area contributed by atoms with E-state index in [1.54, 1.807) is 0 Å². The van der Waals surface area contributed by atoms with Gasteiger partial charge in [-0.2, -0.15) is 0 Å². The van der Waals surface area contributed by atoms with E-state index in [0.717, 1.165) is 45.1 Å². The molecule has 6 rings (SSSR count). The molecular weight excluding hydrogens is 504 g/mol. The van der Waals surface area contributed by atoms with Gasteiger partial charge in [0.2, 0.25) is 0 Å². The molecule has 0 radical (unpaired) electrons. The number of rotatable bonds is 2. The second kappa shape index (κ2) is 9.01. The second-order valence-corrected chi connectivity index (χ2v) is 22.0. The maximum Gasteiger partial charge on any atom is 0.192 e. The molecule has 0 unspecified atom stereocenters. The molecule has 1 spiro atoms. The van der Waals surface area contributed by atoms with Crippen LogP contribution in [-0.2, 0) is 13.9 Å². The van der Waals surface area contributed by atoms with Crippen LogP contribution in [0.5, 0.6) is 0 Å². The fourth-order valence-corrected chi connectivity index (χ4v) is 12.3. The molecule has 2 aliphatic heterocycles. The van der Waals surface area contributed by atoms with Gasteiger partial charge >= 0.3 is 0 Å². The van der Waals surface area contributed by atoms with Crippen LogP contribution in [0.1, 0.15) is 106 Å². The molecule has 0 bridgehead atoms. The summed E-state index contributed by atoms with van der Waals surface area (Å²) in [4.78, 5) is 0. The zero-order valence-electron chi connectivity index (χ0n) is 26.4. The number of aliphatic hydroxyl groups is 2. The van der Waals surface area contributed by atoms with Crippen LogP contribution < -0.4 is 0 Å². The summed E-state index contributed by atoms with van der Waals surface area (Å²) in [7, 11) is -1.95. The average molecular weight is 563 g/mol. The van der Waals surface area contributed by atoms with Crippen LogP contribution in [0, 0.1) is 46.3 Å². The van der Waals surface area contributed by atoms with Crippen LogP contribution in [0.15, 0.2) is 0 Å². The van der Waals surface area contributed by atoms with Crippen molar-refractivity contribution in [3.05, 3.63) is 0 Å². The minimum Gasteiger partial charge on any atom is -0.414 e. The molecule has 2 N–H and O–H groups in total. The van der Waals surface area contributed by atoms with Crippen LogP contribution in [-0.4, -0.2) is 54.8 Å². The topological polar surface area (TPSA) is 68.2 Å². The third-order valence-corrected chi connectivity index (χ3v) is 18.9. The highest BCUT2D eigenvalue weighted by atomic mass is 28.4. The lowest BCUT2D eigenvalue weighted by atomic mass is 9.42. The number of fused-ring (bicyclic) bond motifs is 7. The van der Waals surface area contributed by atoms with Gasteiger partial charge in [-0.1, -0.05) is 48.5 Å². The summed E-state index contributed by atoms with van der Waals surface area (Å²) in [5.41, 5.74) is -1.12. The van der Waals surface area contributed by atoms with Crippen molar-refractivity contribution < 1.29 is 24.1 Å². The predicted octanol–water partition coefficient (Wildman–Crippen LogP) is 6.91. The zero-order valence-corrected chi connectivity index (χ0v) is 27.4. The summed E-state index contributed by atoms with van der Waals surface area (Å²) in [6.45, 7) is 21.8. The number of hydrogen-bond acceptors (Lipinski definition) is 5. The average Bonchev–Trinajstić information content (AvgIpc) is 3.27. The normalized spacial score (nSPS) is 55.6. The molecule has 6 aliphatic rings. The number of hydrogen-bond donors (Lipinski definition) is 2. The van der Waals surface area contributed by atoms with E-state index < -0.39 is 20.0 Å². The molecule has 2 heterocycles. The van der Waals surface area contributed by atoms with Crippen molar-refractivity contribution in [2.24, 2.45) is 46.3 Å². The van der Waals surface area contributed by atoms with Crippen LogP contribution in [0.4, 0.5) is 0 Å². The molecule has 4 saturated carbocycles. The van der Waals surface area contributed by atoms with Gasteiger partial charge in [0, 0.05) is 30.3 Å². The molecule has 6 fully saturated rings. The van der Waals surface area contributed by atoms with Crippen molar-refractivity contribution >= 4 is 8.32 Å². The molecular formula is C33H58O5Si. The second-order valence-electron chi connectivity index (χ2n) is 17.2. The Morgan fingerprint density at radius 2 is 1.67 bits per heavy atom. The lowest BCUT2D eigenvalue weighted by Crippen LogP contribution is -2.69. The third kappa shape index (κ3) is 4.00. The van der Waals surface area contributed by atoms with Gasteiger partial charge in [0.25, 0.3) is 0 Å². The Hall–Kier alpha value is 0.0169. The molecule has 13 atom stereocenters. The molecule has 4 aliphatic carbocycles. The Bertz CT molecular complexity index is 954. The van der Waals surface area contributed by atoms with Crippen molar-refractivity contribution in [1.29, 1.82) is 0 Å². The van der Waals surface area contributed by atoms with Crippen LogP contribution in [0.25, 0.3) is 0 Å². The summed E-state index contributed by atoms with van der Waals surface area (Å²) in [5.74, 6) is 2.62. The Morgan fingerprint density at radius 1 is 0.949 bits per heavy atom. The summed E-state index contributed by atoms with van der Waals surface area (Å²) in [6.07, 6.45) is 8.50. The molecule has 39 heavy (non-hydrogen) atoms. The molecule has 6 heteroatoms. The van der Waals surface area contributed by atoms with Gasteiger partial charge in [-0.05, 0) is 98.1 Å². The van der Waals surface area contributed by atoms with Crippen LogP contribution in [0.3, 0.4) is 0 Å². The number of aliphatic hydroxyl groups excluding tert-OH is 1. The molecule has 0 aromatic heterocycles. The first-order valence-corrected chi connectivity index (χ1v) is 19.3. The molecule has 224 valence electrons. The zero-order chi connectivity index (χ0) is 28.4. The fourth-order valence-electron chi connectivity index (χ4n) is 11.0. The van der Waals surface area contributed by atoms with Crippen molar-refractivity contribution in [2.75, 3.05) is 6.61 Å². The van der Waals surface area contributed by atoms with E-state index >= 15 is 0 Å². The Balaban J connectivity index is 1.22. The first-order chi connectivity index (χ1) is 18.0. The minimum absolute atomic E-state index is 0.0403. The standard InChI is InChI=1S/C33H58O5Si/c1-20-10-15-33(36-19-20)21(2)28-26(37-33)17-25-23-16-27(34)32(35)18-22(38-39(8,9)29(3,4)5)11-14-31(32,7)24(23)12-13-30(25,28)6/h20-28,34-35H,10-19H2,1-9H3/t20-,21+,22+,23-,24+,25+,26+,27-,28+,30+,31-,32+,33-/m1/s1. The van der Waals surface area contributed by atoms with Gasteiger partial charge in [0.15, 0.2) is 14.1 Å². The highest BCUT2D eigenvalue weighted by Crippen LogP contribution is 2.72. The predicted molar refractivity (Wildman–Crippen MR) is 157 cm³/mol. The van der Waals surface area contributed by atoms with Crippen molar-refractivity contribution in [3.8, 4) is 0 Å². The van der Waals surface area contributed by atoms with E-state index in [2.05, 4.69) is 61.6 Å². The lowest BCUT2D eigenvalue weighted by molar-refractivity contribution is -0.279. The van der Waals surface area contributed by atoms with Gasteiger partial charge in [-0.15, -0.1) is 0 Å². The first-order valence-electron chi connectivity index (χ1n) is 16.4. The molecule has 0 aromatic rings. The summed E-state index contributed by atoms with van der Waals surface area (Å²) < 4.78 is 20.3. The summed E-state index contributed by atoms with van der Waals surface area (Å²) in [6, 6.07) is 0. The fraction of sp³-hybridized carbons (Fsp3) is 1.00. The maximum atomic E-state index is 12.4. The van der Waals surface area contributed by atoms with Gasteiger partial charge in [0.05, 0.1) is 24.4 Å². The lowest BCUT2D eigenvalue weighted by Gasteiger charge is -2.66. The smallest absolute Gasteiger partial charge is 0.192 e. The summed E-state index contributed by atoms with van der Waals surface area (Å²) in [5, 5.41) is 24.3. The highest BCUT2D eigenvalue weighted by Gasteiger charge is 2.72. The highest BCUT2D eigenvalue weighted by molar-refractivity contribution is 6.74. The number of ether oxygens (including phenoxy) is 2. The van der Waals surface area contributed by atoms with E-state index in [-0.39, 0.29) is 33.9 Å². The van der Waals surface area contributed by atoms with Crippen molar-refractivity contribution in [1.82, 2.24) is 0 Å². The molecule has 5 nitrogen and oxygen atoms in total. The van der Waals surface area contributed by atoms with Gasteiger partial charge in [-0.25, -0.2) is 0 Å². The van der Waals surface area contributed by atoms with Crippen LogP contribution >= 0.6 is 0 Å². The summed E-state index contributed by atoms with van der Waals surface area (Å²) >= 11 is 0. The van der Waals surface area contributed by atoms with Crippen molar-refractivity contribution in [2.45, 2.75) is 154 Å². The Morgan fingerprint density at radius 3 is 2.31 bits per heavy atom. The van der Waals surface area contributed by atoms with Crippen molar-refractivity contribution in [3.63, 3.8) is 0 Å². The van der Waals surface area contributed by atoms with E-state index in [1.165, 1.54) is 12.8 Å². The first kappa shape index (κ1) is 29.1. The Kier molecular flexibility index (Phi) is 6.73. The van der Waals surface area contributed by atoms with Gasteiger partial charge < -0.3 is 24.1 Å². The monoisotopic (exact) mass is 562 g/mol. The van der Waals surface area contributed by atoms with E-state index in [9.17, 15) is 10.2 Å². The SMILES string of the molecule is C[C@@H]1CC[C@@]2(OC1)O[C@H]1C[C@H]3[C@@H]4C[C@@H](O)[C@@]5(O)C[C@@H](O[Si](C)(C)C(C)(C)C)CC[C@]5(C)[C@H]4CC[C@]3(C)[C@H]1[C@@H]2C. The Labute approximate surface area is 239 Å². The van der Waals surface area contributed by atoms with Gasteiger partial charge in [0.1, 0.15) is 0 Å². The third-order valence-electron chi connectivity index (χ3n) is 14.4. The molecule has 0 aromatic carbocycles. The van der Waals surface area contributed by atoms with E-state index in [0.29, 0.717) is 41.9 Å². The van der Waals surface area contributed by atoms with Gasteiger partial charge in [-0.3, -0.25) is 0 Å². The van der Waals surface area contributed by atoms with E-state index in [4.69, 9.17) is 13.9 Å². The largest absolute Gasteiger partial charge is 0.414 e. The molecule has 2 saturated heterocycles. The minimum atomic E-state index is -1.95. The maximum absolute atomic E-state index is 12.4. The quantitative estimate of drug-likeness (QED) is 0.358. The van der Waals surface area contributed by atoms with E-state index in [1.807, 2.05) is 0 Å².